The molecule has 0 saturated carbocycles. The average Bonchev–Trinajstić information content (AvgIpc) is 2.28. The van der Waals surface area contributed by atoms with Crippen LogP contribution in [0.3, 0.4) is 0 Å². The third-order valence-electron chi connectivity index (χ3n) is 4.70. The minimum Gasteiger partial charge on any atom is -0.311 e. The quantitative estimate of drug-likeness (QED) is 0.824. The minimum absolute atomic E-state index is 0.252. The number of hydrogen-bond donors (Lipinski definition) is 1. The van der Waals surface area contributed by atoms with E-state index in [0.29, 0.717) is 0 Å². The van der Waals surface area contributed by atoms with Crippen LogP contribution in [0.1, 0.15) is 40.0 Å². The summed E-state index contributed by atoms with van der Waals surface area (Å²) in [6, 6.07) is 0.859. The molecular weight excluding hydrogens is 222 g/mol. The smallest absolute Gasteiger partial charge is 0.0252 e. The van der Waals surface area contributed by atoms with E-state index in [4.69, 9.17) is 0 Å². The second-order valence-corrected chi connectivity index (χ2v) is 6.89. The molecule has 0 aromatic rings. The zero-order valence-corrected chi connectivity index (χ0v) is 12.7. The molecule has 2 saturated heterocycles. The molecule has 1 N–H and O–H groups in total. The fourth-order valence-electron chi connectivity index (χ4n) is 3.96. The van der Waals surface area contributed by atoms with Crippen LogP contribution in [0.15, 0.2) is 0 Å². The molecule has 0 aromatic carbocycles. The van der Waals surface area contributed by atoms with Gasteiger partial charge in [-0.15, -0.1) is 0 Å². The Hall–Kier alpha value is -0.120. The first-order valence-electron chi connectivity index (χ1n) is 7.69. The molecule has 0 radical (unpaired) electrons. The van der Waals surface area contributed by atoms with E-state index in [-0.39, 0.29) is 5.54 Å². The van der Waals surface area contributed by atoms with E-state index < -0.39 is 0 Å². The molecule has 2 rings (SSSR count). The molecule has 0 spiro atoms. The molecule has 2 fully saturated rings. The molecule has 106 valence electrons. The van der Waals surface area contributed by atoms with Crippen LogP contribution in [0.25, 0.3) is 0 Å². The van der Waals surface area contributed by atoms with Gasteiger partial charge >= 0.3 is 0 Å². The SMILES string of the molecule is CCNC(C)(C)CN1CCC2C(CCCN2C)C1. The van der Waals surface area contributed by atoms with Crippen molar-refractivity contribution in [1.82, 2.24) is 15.1 Å². The van der Waals surface area contributed by atoms with Crippen molar-refractivity contribution >= 4 is 0 Å². The topological polar surface area (TPSA) is 18.5 Å². The summed E-state index contributed by atoms with van der Waals surface area (Å²) in [5.74, 6) is 0.912. The molecule has 3 heteroatoms. The van der Waals surface area contributed by atoms with Gasteiger partial charge < -0.3 is 15.1 Å². The summed E-state index contributed by atoms with van der Waals surface area (Å²) in [6.07, 6.45) is 4.19. The summed E-state index contributed by atoms with van der Waals surface area (Å²) in [6.45, 7) is 13.0. The lowest BCUT2D eigenvalue weighted by molar-refractivity contribution is 0.0293. The highest BCUT2D eigenvalue weighted by molar-refractivity contribution is 4.91. The summed E-state index contributed by atoms with van der Waals surface area (Å²) in [5.41, 5.74) is 0.252. The van der Waals surface area contributed by atoms with Gasteiger partial charge in [-0.2, -0.15) is 0 Å². The zero-order valence-electron chi connectivity index (χ0n) is 12.7. The first-order chi connectivity index (χ1) is 8.52. The molecule has 0 bridgehead atoms. The maximum Gasteiger partial charge on any atom is 0.0252 e. The molecule has 2 aliphatic heterocycles. The fourth-order valence-corrected chi connectivity index (χ4v) is 3.96. The van der Waals surface area contributed by atoms with Crippen molar-refractivity contribution in [3.05, 3.63) is 0 Å². The number of piperidine rings is 2. The number of hydrogen-bond acceptors (Lipinski definition) is 3. The van der Waals surface area contributed by atoms with E-state index >= 15 is 0 Å². The van der Waals surface area contributed by atoms with Gasteiger partial charge in [-0.25, -0.2) is 0 Å². The van der Waals surface area contributed by atoms with Gasteiger partial charge in [0, 0.05) is 24.7 Å². The molecule has 0 aromatic heterocycles. The lowest BCUT2D eigenvalue weighted by Gasteiger charge is -2.47. The fraction of sp³-hybridized carbons (Fsp3) is 1.00. The molecule has 0 aliphatic carbocycles. The Balaban J connectivity index is 1.87. The van der Waals surface area contributed by atoms with Crippen molar-refractivity contribution < 1.29 is 0 Å². The van der Waals surface area contributed by atoms with Crippen molar-refractivity contribution in [3.8, 4) is 0 Å². The van der Waals surface area contributed by atoms with Gasteiger partial charge in [0.05, 0.1) is 0 Å². The second-order valence-electron chi connectivity index (χ2n) is 6.89. The third kappa shape index (κ3) is 3.46. The monoisotopic (exact) mass is 253 g/mol. The first-order valence-corrected chi connectivity index (χ1v) is 7.69. The van der Waals surface area contributed by atoms with Crippen molar-refractivity contribution in [3.63, 3.8) is 0 Å². The second kappa shape index (κ2) is 5.89. The van der Waals surface area contributed by atoms with Crippen LogP contribution in [-0.2, 0) is 0 Å². The third-order valence-corrected chi connectivity index (χ3v) is 4.70. The van der Waals surface area contributed by atoms with Crippen LogP contribution in [-0.4, -0.2) is 61.2 Å². The van der Waals surface area contributed by atoms with Crippen molar-refractivity contribution in [1.29, 1.82) is 0 Å². The molecule has 0 amide bonds. The van der Waals surface area contributed by atoms with Crippen molar-refractivity contribution in [2.75, 3.05) is 39.8 Å². The van der Waals surface area contributed by atoms with Crippen LogP contribution >= 0.6 is 0 Å². The Morgan fingerprint density at radius 3 is 2.72 bits per heavy atom. The van der Waals surface area contributed by atoms with E-state index in [2.05, 4.69) is 42.9 Å². The molecule has 3 nitrogen and oxygen atoms in total. The maximum absolute atomic E-state index is 3.60. The number of fused-ring (bicyclic) bond motifs is 1. The van der Waals surface area contributed by atoms with Gasteiger partial charge in [-0.05, 0) is 65.7 Å². The number of nitrogens with zero attached hydrogens (tertiary/aromatic N) is 2. The Kier molecular flexibility index (Phi) is 4.68. The summed E-state index contributed by atoms with van der Waals surface area (Å²) < 4.78 is 0. The van der Waals surface area contributed by atoms with Crippen molar-refractivity contribution in [2.45, 2.75) is 51.6 Å². The minimum atomic E-state index is 0.252. The molecule has 2 unspecified atom stereocenters. The van der Waals surface area contributed by atoms with E-state index in [1.165, 1.54) is 45.4 Å². The maximum atomic E-state index is 3.60. The van der Waals surface area contributed by atoms with E-state index in [9.17, 15) is 0 Å². The Morgan fingerprint density at radius 2 is 2.00 bits per heavy atom. The highest BCUT2D eigenvalue weighted by Crippen LogP contribution is 2.29. The van der Waals surface area contributed by atoms with Gasteiger partial charge in [-0.3, -0.25) is 0 Å². The Bertz CT molecular complexity index is 264. The molecule has 18 heavy (non-hydrogen) atoms. The van der Waals surface area contributed by atoms with Crippen LogP contribution in [0, 0.1) is 5.92 Å². The number of nitrogens with one attached hydrogen (secondary N) is 1. The van der Waals surface area contributed by atoms with Crippen LogP contribution < -0.4 is 5.32 Å². The Labute approximate surface area is 113 Å². The summed E-state index contributed by atoms with van der Waals surface area (Å²) in [4.78, 5) is 5.28. The predicted octanol–water partition coefficient (Wildman–Crippen LogP) is 1.79. The summed E-state index contributed by atoms with van der Waals surface area (Å²) in [5, 5.41) is 3.60. The first kappa shape index (κ1) is 14.3. The predicted molar refractivity (Wildman–Crippen MR) is 78.0 cm³/mol. The van der Waals surface area contributed by atoms with E-state index in [0.717, 1.165) is 18.5 Å². The van der Waals surface area contributed by atoms with Gasteiger partial charge in [0.15, 0.2) is 0 Å². The van der Waals surface area contributed by atoms with Crippen molar-refractivity contribution in [2.24, 2.45) is 5.92 Å². The van der Waals surface area contributed by atoms with E-state index in [1.54, 1.807) is 0 Å². The van der Waals surface area contributed by atoms with Gasteiger partial charge in [-0.1, -0.05) is 6.92 Å². The van der Waals surface area contributed by atoms with Gasteiger partial charge in [0.2, 0.25) is 0 Å². The zero-order chi connectivity index (χ0) is 13.2. The standard InChI is InChI=1S/C15H31N3/c1-5-16-15(2,3)12-18-10-8-14-13(11-18)7-6-9-17(14)4/h13-14,16H,5-12H2,1-4H3. The van der Waals surface area contributed by atoms with Gasteiger partial charge in [0.1, 0.15) is 0 Å². The Morgan fingerprint density at radius 1 is 1.22 bits per heavy atom. The lowest BCUT2D eigenvalue weighted by Crippen LogP contribution is -2.57. The molecular formula is C15H31N3. The van der Waals surface area contributed by atoms with Gasteiger partial charge in [0.25, 0.3) is 0 Å². The van der Waals surface area contributed by atoms with E-state index in [1.807, 2.05) is 0 Å². The highest BCUT2D eigenvalue weighted by Gasteiger charge is 2.35. The van der Waals surface area contributed by atoms with Crippen LogP contribution in [0.4, 0.5) is 0 Å². The normalized spacial score (nSPS) is 31.3. The number of likely N-dealkylation sites (N-methyl/N-ethyl adjacent to an activating group) is 1. The lowest BCUT2D eigenvalue weighted by atomic mass is 9.83. The highest BCUT2D eigenvalue weighted by atomic mass is 15.2. The summed E-state index contributed by atoms with van der Waals surface area (Å²) >= 11 is 0. The molecule has 2 atom stereocenters. The molecule has 2 heterocycles. The van der Waals surface area contributed by atoms with Crippen LogP contribution in [0.5, 0.6) is 0 Å². The number of likely N-dealkylation sites (tertiary alicyclic amines) is 2. The molecule has 2 aliphatic rings. The van der Waals surface area contributed by atoms with Crippen LogP contribution in [0.2, 0.25) is 0 Å². The summed E-state index contributed by atoms with van der Waals surface area (Å²) in [7, 11) is 2.31. The largest absolute Gasteiger partial charge is 0.311 e. The average molecular weight is 253 g/mol. The number of rotatable bonds is 4.